The highest BCUT2D eigenvalue weighted by Crippen LogP contribution is 2.19. The van der Waals surface area contributed by atoms with Crippen LogP contribution in [0.4, 0.5) is 0 Å². The van der Waals surface area contributed by atoms with Crippen LogP contribution in [0.25, 0.3) is 0 Å². The summed E-state index contributed by atoms with van der Waals surface area (Å²) >= 11 is 0. The molecular formula is C11H23N3. The third-order valence-corrected chi connectivity index (χ3v) is 3.87. The molecular weight excluding hydrogens is 174 g/mol. The van der Waals surface area contributed by atoms with E-state index in [1.54, 1.807) is 0 Å². The Morgan fingerprint density at radius 2 is 2.29 bits per heavy atom. The maximum atomic E-state index is 3.45. The predicted molar refractivity (Wildman–Crippen MR) is 59.6 cm³/mol. The number of nitrogens with zero attached hydrogens (tertiary/aromatic N) is 2. The fourth-order valence-corrected chi connectivity index (χ4v) is 2.67. The molecule has 82 valence electrons. The number of rotatable bonds is 3. The monoisotopic (exact) mass is 197 g/mol. The molecule has 0 aromatic heterocycles. The smallest absolute Gasteiger partial charge is 0.0233 e. The summed E-state index contributed by atoms with van der Waals surface area (Å²) in [6.45, 7) is 8.46. The van der Waals surface area contributed by atoms with Crippen LogP contribution in [0.2, 0.25) is 0 Å². The van der Waals surface area contributed by atoms with Crippen LogP contribution < -0.4 is 5.32 Å². The van der Waals surface area contributed by atoms with E-state index < -0.39 is 0 Å². The van der Waals surface area contributed by atoms with E-state index in [1.165, 1.54) is 45.6 Å². The van der Waals surface area contributed by atoms with Crippen molar-refractivity contribution in [3.8, 4) is 0 Å². The minimum Gasteiger partial charge on any atom is -0.315 e. The Labute approximate surface area is 87.4 Å². The van der Waals surface area contributed by atoms with E-state index in [0.29, 0.717) is 0 Å². The summed E-state index contributed by atoms with van der Waals surface area (Å²) in [7, 11) is 2.25. The largest absolute Gasteiger partial charge is 0.315 e. The van der Waals surface area contributed by atoms with Gasteiger partial charge in [0.1, 0.15) is 0 Å². The lowest BCUT2D eigenvalue weighted by molar-refractivity contribution is 0.212. The molecule has 0 unspecified atom stereocenters. The van der Waals surface area contributed by atoms with Gasteiger partial charge in [0.25, 0.3) is 0 Å². The van der Waals surface area contributed by atoms with E-state index in [-0.39, 0.29) is 0 Å². The van der Waals surface area contributed by atoms with Crippen molar-refractivity contribution in [1.82, 2.24) is 15.1 Å². The first-order valence-corrected chi connectivity index (χ1v) is 5.96. The Hall–Kier alpha value is -0.120. The Kier molecular flexibility index (Phi) is 3.42. The number of nitrogens with one attached hydrogen (secondary N) is 1. The zero-order chi connectivity index (χ0) is 9.97. The number of likely N-dealkylation sites (N-methyl/N-ethyl adjacent to an activating group) is 1. The predicted octanol–water partition coefficient (Wildman–Crippen LogP) is 0.374. The molecule has 0 amide bonds. The van der Waals surface area contributed by atoms with E-state index in [4.69, 9.17) is 0 Å². The highest BCUT2D eigenvalue weighted by molar-refractivity contribution is 4.89. The highest BCUT2D eigenvalue weighted by atomic mass is 15.3. The molecule has 2 heterocycles. The lowest BCUT2D eigenvalue weighted by atomic mass is 10.2. The molecule has 0 aromatic carbocycles. The van der Waals surface area contributed by atoms with Gasteiger partial charge < -0.3 is 10.2 Å². The van der Waals surface area contributed by atoms with Gasteiger partial charge in [-0.1, -0.05) is 6.92 Å². The molecule has 0 aliphatic carbocycles. The number of likely N-dealkylation sites (tertiary alicyclic amines) is 1. The van der Waals surface area contributed by atoms with E-state index in [2.05, 4.69) is 29.1 Å². The molecule has 2 rings (SSSR count). The van der Waals surface area contributed by atoms with Gasteiger partial charge in [-0.2, -0.15) is 0 Å². The molecule has 0 bridgehead atoms. The van der Waals surface area contributed by atoms with Gasteiger partial charge in [0.15, 0.2) is 0 Å². The Morgan fingerprint density at radius 3 is 2.93 bits per heavy atom. The second kappa shape index (κ2) is 4.60. The SMILES string of the molecule is CCN(C)[C@H]1CCN([C@H]2CCNC2)C1. The first-order chi connectivity index (χ1) is 6.81. The zero-order valence-electron chi connectivity index (χ0n) is 9.50. The van der Waals surface area contributed by atoms with Crippen LogP contribution in [0.3, 0.4) is 0 Å². The van der Waals surface area contributed by atoms with Crippen molar-refractivity contribution in [2.75, 3.05) is 39.8 Å². The normalized spacial score (nSPS) is 34.5. The first kappa shape index (κ1) is 10.4. The minimum absolute atomic E-state index is 0.806. The molecule has 2 atom stereocenters. The average Bonchev–Trinajstić information content (AvgIpc) is 2.86. The molecule has 3 nitrogen and oxygen atoms in total. The molecule has 2 aliphatic rings. The van der Waals surface area contributed by atoms with Crippen molar-refractivity contribution in [3.05, 3.63) is 0 Å². The van der Waals surface area contributed by atoms with Gasteiger partial charge in [-0.25, -0.2) is 0 Å². The topological polar surface area (TPSA) is 18.5 Å². The van der Waals surface area contributed by atoms with Crippen LogP contribution in [0.5, 0.6) is 0 Å². The summed E-state index contributed by atoms with van der Waals surface area (Å²) in [5, 5.41) is 3.45. The summed E-state index contributed by atoms with van der Waals surface area (Å²) in [5.74, 6) is 0. The summed E-state index contributed by atoms with van der Waals surface area (Å²) in [4.78, 5) is 5.17. The van der Waals surface area contributed by atoms with Crippen molar-refractivity contribution >= 4 is 0 Å². The summed E-state index contributed by atoms with van der Waals surface area (Å²) in [6.07, 6.45) is 2.71. The second-order valence-corrected chi connectivity index (χ2v) is 4.66. The standard InChI is InChI=1S/C11H23N3/c1-3-13(2)11-5-7-14(9-11)10-4-6-12-8-10/h10-12H,3-9H2,1-2H3/t10-,11-/m0/s1. The number of hydrogen-bond donors (Lipinski definition) is 1. The zero-order valence-corrected chi connectivity index (χ0v) is 9.50. The molecule has 14 heavy (non-hydrogen) atoms. The van der Waals surface area contributed by atoms with Gasteiger partial charge >= 0.3 is 0 Å². The van der Waals surface area contributed by atoms with Crippen LogP contribution in [0.1, 0.15) is 19.8 Å². The van der Waals surface area contributed by atoms with E-state index in [1.807, 2.05) is 0 Å². The molecule has 0 radical (unpaired) electrons. The maximum absolute atomic E-state index is 3.45. The summed E-state index contributed by atoms with van der Waals surface area (Å²) in [5.41, 5.74) is 0. The molecule has 3 heteroatoms. The summed E-state index contributed by atoms with van der Waals surface area (Å²) in [6, 6.07) is 1.63. The van der Waals surface area contributed by atoms with Crippen molar-refractivity contribution in [3.63, 3.8) is 0 Å². The Morgan fingerprint density at radius 1 is 1.43 bits per heavy atom. The second-order valence-electron chi connectivity index (χ2n) is 4.66. The third-order valence-electron chi connectivity index (χ3n) is 3.87. The molecule has 0 aromatic rings. The quantitative estimate of drug-likeness (QED) is 0.705. The van der Waals surface area contributed by atoms with Gasteiger partial charge in [-0.3, -0.25) is 4.90 Å². The van der Waals surface area contributed by atoms with Gasteiger partial charge in [-0.05, 0) is 33.0 Å². The average molecular weight is 197 g/mol. The molecule has 2 saturated heterocycles. The van der Waals surface area contributed by atoms with Crippen LogP contribution in [0.15, 0.2) is 0 Å². The fourth-order valence-electron chi connectivity index (χ4n) is 2.67. The fraction of sp³-hybridized carbons (Fsp3) is 1.00. The Bertz CT molecular complexity index is 177. The third kappa shape index (κ3) is 2.10. The van der Waals surface area contributed by atoms with E-state index in [9.17, 15) is 0 Å². The van der Waals surface area contributed by atoms with Crippen molar-refractivity contribution in [2.45, 2.75) is 31.8 Å². The van der Waals surface area contributed by atoms with Gasteiger partial charge in [-0.15, -0.1) is 0 Å². The van der Waals surface area contributed by atoms with Gasteiger partial charge in [0.05, 0.1) is 0 Å². The first-order valence-electron chi connectivity index (χ1n) is 5.96. The molecule has 0 saturated carbocycles. The van der Waals surface area contributed by atoms with Crippen LogP contribution in [-0.4, -0.2) is 61.7 Å². The van der Waals surface area contributed by atoms with Crippen molar-refractivity contribution in [1.29, 1.82) is 0 Å². The maximum Gasteiger partial charge on any atom is 0.0233 e. The Balaban J connectivity index is 1.81. The summed E-state index contributed by atoms with van der Waals surface area (Å²) < 4.78 is 0. The van der Waals surface area contributed by atoms with E-state index in [0.717, 1.165) is 12.1 Å². The van der Waals surface area contributed by atoms with Gasteiger partial charge in [0.2, 0.25) is 0 Å². The number of hydrogen-bond acceptors (Lipinski definition) is 3. The lowest BCUT2D eigenvalue weighted by Gasteiger charge is -2.26. The van der Waals surface area contributed by atoms with E-state index >= 15 is 0 Å². The van der Waals surface area contributed by atoms with Crippen LogP contribution in [0, 0.1) is 0 Å². The molecule has 0 spiro atoms. The molecule has 1 N–H and O–H groups in total. The van der Waals surface area contributed by atoms with Crippen molar-refractivity contribution in [2.24, 2.45) is 0 Å². The van der Waals surface area contributed by atoms with Gasteiger partial charge in [0, 0.05) is 31.7 Å². The highest BCUT2D eigenvalue weighted by Gasteiger charge is 2.30. The minimum atomic E-state index is 0.806. The lowest BCUT2D eigenvalue weighted by Crippen LogP contribution is -2.39. The van der Waals surface area contributed by atoms with Crippen LogP contribution in [-0.2, 0) is 0 Å². The molecule has 2 fully saturated rings. The molecule has 2 aliphatic heterocycles. The van der Waals surface area contributed by atoms with Crippen molar-refractivity contribution < 1.29 is 0 Å². The van der Waals surface area contributed by atoms with Crippen LogP contribution >= 0.6 is 0 Å².